The molecule has 1 heterocycles. The van der Waals surface area contributed by atoms with Gasteiger partial charge in [-0.05, 0) is 59.2 Å². The van der Waals surface area contributed by atoms with Gasteiger partial charge in [0.15, 0.2) is 0 Å². The van der Waals surface area contributed by atoms with Crippen LogP contribution >= 0.6 is 0 Å². The van der Waals surface area contributed by atoms with Gasteiger partial charge in [-0.1, -0.05) is 68.4 Å². The van der Waals surface area contributed by atoms with E-state index in [0.29, 0.717) is 11.5 Å². The molecular weight excluding hydrogens is 469 g/mol. The summed E-state index contributed by atoms with van der Waals surface area (Å²) >= 11 is 0. The molecule has 1 aliphatic heterocycles. The zero-order valence-electron chi connectivity index (χ0n) is 21.7. The highest BCUT2D eigenvalue weighted by molar-refractivity contribution is 5.83. The molecule has 194 valence electrons. The zero-order chi connectivity index (χ0) is 26.6. The average Bonchev–Trinajstić information content (AvgIpc) is 3.17. The molecule has 0 aromatic heterocycles. The number of rotatable bonds is 10. The molecule has 0 saturated heterocycles. The van der Waals surface area contributed by atoms with E-state index in [4.69, 9.17) is 4.74 Å². The molecule has 5 nitrogen and oxygen atoms in total. The van der Waals surface area contributed by atoms with Crippen molar-refractivity contribution in [2.75, 3.05) is 13.1 Å². The minimum absolute atomic E-state index is 0.0746. The van der Waals surface area contributed by atoms with Gasteiger partial charge in [-0.3, -0.25) is 9.59 Å². The number of hydrogen-bond donors (Lipinski definition) is 1. The lowest BCUT2D eigenvalue weighted by Gasteiger charge is -2.24. The van der Waals surface area contributed by atoms with Crippen molar-refractivity contribution in [2.24, 2.45) is 0 Å². The van der Waals surface area contributed by atoms with E-state index in [2.05, 4.69) is 45.0 Å². The molecule has 1 amide bonds. The van der Waals surface area contributed by atoms with Gasteiger partial charge in [0.25, 0.3) is 0 Å². The molecule has 0 spiro atoms. The number of carboxylic acids is 1. The molecule has 4 rings (SSSR count). The van der Waals surface area contributed by atoms with Gasteiger partial charge in [-0.2, -0.15) is 0 Å². The van der Waals surface area contributed by atoms with Gasteiger partial charge in [0.1, 0.15) is 23.7 Å². The lowest BCUT2D eigenvalue weighted by molar-refractivity contribution is -0.144. The van der Waals surface area contributed by atoms with Crippen LogP contribution in [0.25, 0.3) is 0 Å². The van der Waals surface area contributed by atoms with Crippen LogP contribution in [0, 0.1) is 5.82 Å². The maximum Gasteiger partial charge on any atom is 0.323 e. The molecule has 0 unspecified atom stereocenters. The molecule has 1 aliphatic rings. The highest BCUT2D eigenvalue weighted by Crippen LogP contribution is 2.37. The summed E-state index contributed by atoms with van der Waals surface area (Å²) in [4.78, 5) is 25.7. The number of halogens is 1. The number of carbonyl (C=O) groups excluding carboxylic acids is 1. The normalized spacial score (nSPS) is 16.4. The Labute approximate surface area is 217 Å². The number of carbonyl (C=O) groups is 2. The van der Waals surface area contributed by atoms with Gasteiger partial charge in [0.2, 0.25) is 5.91 Å². The van der Waals surface area contributed by atoms with Crippen LogP contribution < -0.4 is 4.74 Å². The quantitative estimate of drug-likeness (QED) is 0.392. The molecule has 1 atom stereocenters. The van der Waals surface area contributed by atoms with Crippen LogP contribution in [-0.4, -0.2) is 40.6 Å². The van der Waals surface area contributed by atoms with Crippen LogP contribution in [0.5, 0.6) is 5.75 Å². The largest absolute Gasteiger partial charge is 0.487 e. The fourth-order valence-electron chi connectivity index (χ4n) is 4.93. The van der Waals surface area contributed by atoms with Crippen LogP contribution in [0.1, 0.15) is 54.5 Å². The Morgan fingerprint density at radius 1 is 1.05 bits per heavy atom. The summed E-state index contributed by atoms with van der Waals surface area (Å²) in [5.41, 5.74) is 4.46. The van der Waals surface area contributed by atoms with Crippen molar-refractivity contribution in [3.63, 3.8) is 0 Å². The SMILES string of the molecule is CC(C)c1ccc(C[C@@]2(C)Cc3cc(CC(=O)N(CCc4ccccc4F)CC(=O)O)ccc3O2)cc1. The van der Waals surface area contributed by atoms with Gasteiger partial charge >= 0.3 is 5.97 Å². The van der Waals surface area contributed by atoms with E-state index in [1.807, 2.05) is 18.2 Å². The van der Waals surface area contributed by atoms with E-state index in [0.717, 1.165) is 29.7 Å². The van der Waals surface area contributed by atoms with Crippen molar-refractivity contribution >= 4 is 11.9 Å². The predicted octanol–water partition coefficient (Wildman–Crippen LogP) is 5.58. The Hall–Kier alpha value is -3.67. The predicted molar refractivity (Wildman–Crippen MR) is 141 cm³/mol. The van der Waals surface area contributed by atoms with E-state index < -0.39 is 12.5 Å². The number of benzene rings is 3. The monoisotopic (exact) mass is 503 g/mol. The van der Waals surface area contributed by atoms with Gasteiger partial charge in [-0.25, -0.2) is 4.39 Å². The fraction of sp³-hybridized carbons (Fsp3) is 0.355. The second-order valence-electron chi connectivity index (χ2n) is 10.5. The van der Waals surface area contributed by atoms with Crippen molar-refractivity contribution in [3.8, 4) is 5.75 Å². The number of carboxylic acid groups (broad SMARTS) is 1. The molecule has 0 saturated carbocycles. The molecule has 0 radical (unpaired) electrons. The molecule has 37 heavy (non-hydrogen) atoms. The van der Waals surface area contributed by atoms with Crippen LogP contribution in [0.4, 0.5) is 4.39 Å². The number of ether oxygens (including phenoxy) is 1. The van der Waals surface area contributed by atoms with E-state index >= 15 is 0 Å². The minimum Gasteiger partial charge on any atom is -0.487 e. The van der Waals surface area contributed by atoms with Crippen LogP contribution in [-0.2, 0) is 35.3 Å². The van der Waals surface area contributed by atoms with Gasteiger partial charge in [-0.15, -0.1) is 0 Å². The van der Waals surface area contributed by atoms with Gasteiger partial charge in [0, 0.05) is 19.4 Å². The Morgan fingerprint density at radius 2 is 1.76 bits per heavy atom. The maximum atomic E-state index is 14.0. The summed E-state index contributed by atoms with van der Waals surface area (Å²) in [5, 5.41) is 9.31. The van der Waals surface area contributed by atoms with Crippen molar-refractivity contribution in [1.82, 2.24) is 4.90 Å². The summed E-state index contributed by atoms with van der Waals surface area (Å²) in [7, 11) is 0. The second-order valence-corrected chi connectivity index (χ2v) is 10.5. The Morgan fingerprint density at radius 3 is 2.43 bits per heavy atom. The van der Waals surface area contributed by atoms with Crippen LogP contribution in [0.3, 0.4) is 0 Å². The van der Waals surface area contributed by atoms with Crippen molar-refractivity contribution in [2.45, 2.75) is 58.0 Å². The molecule has 0 aliphatic carbocycles. The Bertz CT molecular complexity index is 1270. The average molecular weight is 504 g/mol. The van der Waals surface area contributed by atoms with E-state index in [9.17, 15) is 19.1 Å². The summed E-state index contributed by atoms with van der Waals surface area (Å²) < 4.78 is 20.3. The van der Waals surface area contributed by atoms with E-state index in [1.165, 1.54) is 22.1 Å². The third-order valence-electron chi connectivity index (χ3n) is 6.91. The summed E-state index contributed by atoms with van der Waals surface area (Å²) in [6.45, 7) is 6.17. The topological polar surface area (TPSA) is 66.8 Å². The number of fused-ring (bicyclic) bond motifs is 1. The van der Waals surface area contributed by atoms with Gasteiger partial charge < -0.3 is 14.7 Å². The van der Waals surface area contributed by atoms with Gasteiger partial charge in [0.05, 0.1) is 6.42 Å². The molecule has 3 aromatic carbocycles. The first kappa shape index (κ1) is 26.4. The van der Waals surface area contributed by atoms with Crippen LogP contribution in [0.15, 0.2) is 66.7 Å². The van der Waals surface area contributed by atoms with E-state index in [-0.39, 0.29) is 36.7 Å². The Balaban J connectivity index is 1.41. The molecule has 3 aromatic rings. The van der Waals surface area contributed by atoms with Crippen molar-refractivity contribution in [3.05, 3.63) is 100 Å². The fourth-order valence-corrected chi connectivity index (χ4v) is 4.93. The Kier molecular flexibility index (Phi) is 7.96. The highest BCUT2D eigenvalue weighted by Gasteiger charge is 2.35. The highest BCUT2D eigenvalue weighted by atomic mass is 19.1. The number of aliphatic carboxylic acids is 1. The first-order valence-electron chi connectivity index (χ1n) is 12.7. The molecule has 6 heteroatoms. The lowest BCUT2D eigenvalue weighted by Crippen LogP contribution is -2.38. The molecule has 0 bridgehead atoms. The maximum absolute atomic E-state index is 14.0. The third-order valence-corrected chi connectivity index (χ3v) is 6.91. The zero-order valence-corrected chi connectivity index (χ0v) is 21.7. The standard InChI is InChI=1S/C31H34FNO4/c1-21(2)24-11-8-22(9-12-24)18-31(3)19-26-16-23(10-13-28(26)37-31)17-29(34)33(20-30(35)36)15-14-25-6-4-5-7-27(25)32/h4-13,16,21H,14-15,17-20H2,1-3H3,(H,35,36)/t31-/m0/s1. The minimum atomic E-state index is -1.10. The summed E-state index contributed by atoms with van der Waals surface area (Å²) in [5.74, 6) is -0.446. The third kappa shape index (κ3) is 6.76. The summed E-state index contributed by atoms with van der Waals surface area (Å²) in [6, 6.07) is 20.7. The first-order valence-corrected chi connectivity index (χ1v) is 12.7. The van der Waals surface area contributed by atoms with Crippen LogP contribution in [0.2, 0.25) is 0 Å². The smallest absolute Gasteiger partial charge is 0.323 e. The lowest BCUT2D eigenvalue weighted by atomic mass is 9.90. The molecule has 0 fully saturated rings. The van der Waals surface area contributed by atoms with E-state index in [1.54, 1.807) is 18.2 Å². The van der Waals surface area contributed by atoms with Crippen molar-refractivity contribution in [1.29, 1.82) is 0 Å². The summed E-state index contributed by atoms with van der Waals surface area (Å²) in [6.07, 6.45) is 1.82. The number of amides is 1. The second kappa shape index (κ2) is 11.2. The number of hydrogen-bond acceptors (Lipinski definition) is 3. The van der Waals surface area contributed by atoms with Crippen molar-refractivity contribution < 1.29 is 23.8 Å². The number of nitrogens with zero attached hydrogens (tertiary/aromatic N) is 1. The molecule has 1 N–H and O–H groups in total. The molecular formula is C31H34FNO4. The first-order chi connectivity index (χ1) is 17.6.